The molecule has 0 radical (unpaired) electrons. The molecule has 2 rings (SSSR count). The van der Waals surface area contributed by atoms with Crippen molar-refractivity contribution in [2.75, 3.05) is 13.1 Å². The van der Waals surface area contributed by atoms with Crippen LogP contribution in [0, 0.1) is 0 Å². The van der Waals surface area contributed by atoms with Gasteiger partial charge in [0.1, 0.15) is 0 Å². The van der Waals surface area contributed by atoms with Crippen molar-refractivity contribution in [1.29, 1.82) is 0 Å². The van der Waals surface area contributed by atoms with Crippen molar-refractivity contribution in [2.45, 2.75) is 23.7 Å². The summed E-state index contributed by atoms with van der Waals surface area (Å²) in [6.45, 7) is 1.11. The number of alkyl halides is 2. The molecule has 1 aromatic rings. The van der Waals surface area contributed by atoms with Crippen LogP contribution in [0.1, 0.15) is 23.4 Å². The lowest BCUT2D eigenvalue weighted by Gasteiger charge is -2.32. The molecule has 1 aliphatic rings. The molecular weight excluding hydrogens is 371 g/mol. The van der Waals surface area contributed by atoms with Crippen molar-refractivity contribution in [3.8, 4) is 0 Å². The van der Waals surface area contributed by atoms with Crippen molar-refractivity contribution < 1.29 is 14.0 Å². The highest BCUT2D eigenvalue weighted by molar-refractivity contribution is 9.10. The number of nitrogens with zero attached hydrogens (tertiary/aromatic N) is 1. The van der Waals surface area contributed by atoms with Crippen molar-refractivity contribution in [3.05, 3.63) is 22.6 Å². The number of nitrogens with one attached hydrogen (secondary N) is 1. The van der Waals surface area contributed by atoms with Gasteiger partial charge in [-0.1, -0.05) is 23.2 Å². The summed E-state index contributed by atoms with van der Waals surface area (Å²) >= 11 is 14.1. The molecule has 110 valence electrons. The maximum Gasteiger partial charge on any atom is 0.289 e. The molecule has 20 heavy (non-hydrogen) atoms. The lowest BCUT2D eigenvalue weighted by atomic mass is 10.0. The molecule has 1 aliphatic heterocycles. The number of carbonyl (C=O) groups excluding carboxylic acids is 2. The van der Waals surface area contributed by atoms with E-state index in [0.29, 0.717) is 36.4 Å². The topological polar surface area (TPSA) is 62.6 Å². The second-order valence-electron chi connectivity index (χ2n) is 4.48. The Morgan fingerprint density at radius 1 is 1.35 bits per heavy atom. The number of carbonyl (C=O) groups is 2. The van der Waals surface area contributed by atoms with Crippen molar-refractivity contribution >= 4 is 50.9 Å². The van der Waals surface area contributed by atoms with E-state index in [9.17, 15) is 9.59 Å². The zero-order valence-electron chi connectivity index (χ0n) is 10.4. The average Bonchev–Trinajstić information content (AvgIpc) is 2.85. The van der Waals surface area contributed by atoms with Gasteiger partial charge in [-0.25, -0.2) is 0 Å². The Bertz CT molecular complexity index is 499. The summed E-state index contributed by atoms with van der Waals surface area (Å²) in [7, 11) is 0. The fourth-order valence-corrected chi connectivity index (χ4v) is 2.51. The molecule has 0 saturated carbocycles. The van der Waals surface area contributed by atoms with E-state index in [-0.39, 0.29) is 11.9 Å². The Labute approximate surface area is 134 Å². The normalized spacial score (nSPS) is 16.5. The highest BCUT2D eigenvalue weighted by Crippen LogP contribution is 2.19. The zero-order chi connectivity index (χ0) is 14.7. The number of piperidine rings is 1. The SMILES string of the molecule is O=C(NC1CCN(C(=O)c2ccc(Br)o2)CC1)C(Cl)Cl. The third kappa shape index (κ3) is 3.90. The number of furan rings is 1. The molecule has 2 heterocycles. The Kier molecular flexibility index (Phi) is 5.35. The van der Waals surface area contributed by atoms with Crippen LogP contribution >= 0.6 is 39.1 Å². The number of halogens is 3. The molecule has 1 aromatic heterocycles. The Morgan fingerprint density at radius 3 is 2.50 bits per heavy atom. The van der Waals surface area contributed by atoms with Crippen LogP contribution in [0.5, 0.6) is 0 Å². The van der Waals surface area contributed by atoms with Crippen LogP contribution in [0.25, 0.3) is 0 Å². The van der Waals surface area contributed by atoms with Gasteiger partial charge < -0.3 is 14.6 Å². The van der Waals surface area contributed by atoms with Gasteiger partial charge in [0.2, 0.25) is 0 Å². The Hall–Kier alpha value is -0.720. The number of likely N-dealkylation sites (tertiary alicyclic amines) is 1. The molecule has 0 unspecified atom stereocenters. The van der Waals surface area contributed by atoms with Gasteiger partial charge in [0.15, 0.2) is 15.3 Å². The molecule has 0 aliphatic carbocycles. The van der Waals surface area contributed by atoms with Crippen molar-refractivity contribution in [2.24, 2.45) is 0 Å². The van der Waals surface area contributed by atoms with Crippen molar-refractivity contribution in [1.82, 2.24) is 10.2 Å². The third-order valence-electron chi connectivity index (χ3n) is 3.11. The van der Waals surface area contributed by atoms with E-state index in [2.05, 4.69) is 21.2 Å². The molecule has 1 fully saturated rings. The fourth-order valence-electron chi connectivity index (χ4n) is 2.08. The second-order valence-corrected chi connectivity index (χ2v) is 6.36. The largest absolute Gasteiger partial charge is 0.444 e. The quantitative estimate of drug-likeness (QED) is 0.816. The van der Waals surface area contributed by atoms with E-state index in [4.69, 9.17) is 27.6 Å². The third-order valence-corrected chi connectivity index (χ3v) is 3.93. The maximum atomic E-state index is 12.1. The fraction of sp³-hybridized carbons (Fsp3) is 0.500. The van der Waals surface area contributed by atoms with E-state index in [1.807, 2.05) is 0 Å². The molecule has 0 atom stereocenters. The monoisotopic (exact) mass is 382 g/mol. The zero-order valence-corrected chi connectivity index (χ0v) is 13.5. The van der Waals surface area contributed by atoms with Crippen LogP contribution in [-0.2, 0) is 4.79 Å². The summed E-state index contributed by atoms with van der Waals surface area (Å²) in [5, 5.41) is 2.75. The first-order chi connectivity index (χ1) is 9.47. The molecular formula is C12H13BrCl2N2O3. The first-order valence-corrected chi connectivity index (χ1v) is 7.77. The lowest BCUT2D eigenvalue weighted by molar-refractivity contribution is -0.120. The summed E-state index contributed by atoms with van der Waals surface area (Å²) < 4.78 is 5.77. The number of rotatable bonds is 3. The second kappa shape index (κ2) is 6.83. The molecule has 1 N–H and O–H groups in total. The Morgan fingerprint density at radius 2 is 2.00 bits per heavy atom. The van der Waals surface area contributed by atoms with Gasteiger partial charge in [-0.2, -0.15) is 0 Å². The number of hydrogen-bond acceptors (Lipinski definition) is 3. The minimum atomic E-state index is -1.06. The van der Waals surface area contributed by atoms with E-state index in [0.717, 1.165) is 0 Å². The predicted octanol–water partition coefficient (Wildman–Crippen LogP) is 2.57. The summed E-state index contributed by atoms with van der Waals surface area (Å²) in [4.78, 5) is 24.1. The lowest BCUT2D eigenvalue weighted by Crippen LogP contribution is -2.47. The van der Waals surface area contributed by atoms with E-state index in [1.54, 1.807) is 17.0 Å². The number of amides is 2. The molecule has 0 spiro atoms. The highest BCUT2D eigenvalue weighted by Gasteiger charge is 2.27. The van der Waals surface area contributed by atoms with Gasteiger partial charge in [-0.3, -0.25) is 9.59 Å². The summed E-state index contributed by atoms with van der Waals surface area (Å²) in [6.07, 6.45) is 1.33. The van der Waals surface area contributed by atoms with E-state index >= 15 is 0 Å². The molecule has 8 heteroatoms. The molecule has 0 bridgehead atoms. The predicted molar refractivity (Wildman–Crippen MR) is 79.0 cm³/mol. The highest BCUT2D eigenvalue weighted by atomic mass is 79.9. The molecule has 2 amide bonds. The van der Waals surface area contributed by atoms with Gasteiger partial charge in [-0.05, 0) is 40.9 Å². The van der Waals surface area contributed by atoms with Crippen LogP contribution < -0.4 is 5.32 Å². The maximum absolute atomic E-state index is 12.1. The van der Waals surface area contributed by atoms with Crippen molar-refractivity contribution in [3.63, 3.8) is 0 Å². The van der Waals surface area contributed by atoms with Crippen LogP contribution in [-0.4, -0.2) is 40.7 Å². The Balaban J connectivity index is 1.85. The number of hydrogen-bond donors (Lipinski definition) is 1. The standard InChI is InChI=1S/C12H13BrCl2N2O3/c13-9-2-1-8(20-9)12(19)17-5-3-7(4-6-17)16-11(18)10(14)15/h1-2,7,10H,3-6H2,(H,16,18). The molecule has 0 aromatic carbocycles. The summed E-state index contributed by atoms with van der Waals surface area (Å²) in [6, 6.07) is 3.31. The first kappa shape index (κ1) is 15.7. The van der Waals surface area contributed by atoms with Gasteiger partial charge in [0.25, 0.3) is 11.8 Å². The summed E-state index contributed by atoms with van der Waals surface area (Å²) in [5.41, 5.74) is 0. The van der Waals surface area contributed by atoms with Crippen LogP contribution in [0.15, 0.2) is 21.2 Å². The van der Waals surface area contributed by atoms with Gasteiger partial charge in [0.05, 0.1) is 0 Å². The molecule has 5 nitrogen and oxygen atoms in total. The van der Waals surface area contributed by atoms with Crippen LogP contribution in [0.3, 0.4) is 0 Å². The average molecular weight is 384 g/mol. The van der Waals surface area contributed by atoms with Crippen LogP contribution in [0.2, 0.25) is 0 Å². The minimum Gasteiger partial charge on any atom is -0.444 e. The summed E-state index contributed by atoms with van der Waals surface area (Å²) in [5.74, 6) is -0.234. The van der Waals surface area contributed by atoms with Crippen LogP contribution in [0.4, 0.5) is 0 Å². The molecule has 1 saturated heterocycles. The van der Waals surface area contributed by atoms with Gasteiger partial charge in [-0.15, -0.1) is 0 Å². The smallest absolute Gasteiger partial charge is 0.289 e. The van der Waals surface area contributed by atoms with E-state index in [1.165, 1.54) is 0 Å². The van der Waals surface area contributed by atoms with Gasteiger partial charge in [0, 0.05) is 19.1 Å². The first-order valence-electron chi connectivity index (χ1n) is 6.10. The minimum absolute atomic E-state index is 0.00473. The van der Waals surface area contributed by atoms with Gasteiger partial charge >= 0.3 is 0 Å². The van der Waals surface area contributed by atoms with E-state index < -0.39 is 10.7 Å².